The van der Waals surface area contributed by atoms with Gasteiger partial charge in [-0.1, -0.05) is 0 Å². The summed E-state index contributed by atoms with van der Waals surface area (Å²) < 4.78 is 59.2. The van der Waals surface area contributed by atoms with E-state index in [1.54, 1.807) is 0 Å². The summed E-state index contributed by atoms with van der Waals surface area (Å²) in [7, 11) is -5.08. The highest BCUT2D eigenvalue weighted by atomic mass is 32.2. The Morgan fingerprint density at radius 2 is 1.50 bits per heavy atom. The van der Waals surface area contributed by atoms with E-state index < -0.39 is 37.9 Å². The first-order valence-corrected chi connectivity index (χ1v) is 8.20. The van der Waals surface area contributed by atoms with Crippen LogP contribution in [0.25, 0.3) is 0 Å². The standard InChI is InChI=1S/C12H17F3O4S/c13-12(14,15)20(18,19)8-7-10-1-4-11(5-2-10,6-3-10)9(16)17/h1-8H2,(H,16,17). The van der Waals surface area contributed by atoms with E-state index in [9.17, 15) is 31.5 Å². The molecule has 0 amide bonds. The van der Waals surface area contributed by atoms with Gasteiger partial charge in [0, 0.05) is 0 Å². The Hall–Kier alpha value is -0.790. The first-order chi connectivity index (χ1) is 9.02. The molecule has 0 atom stereocenters. The van der Waals surface area contributed by atoms with Crippen molar-refractivity contribution in [1.29, 1.82) is 0 Å². The minimum absolute atomic E-state index is 0.0233. The van der Waals surface area contributed by atoms with Gasteiger partial charge < -0.3 is 5.11 Å². The van der Waals surface area contributed by atoms with Crippen LogP contribution < -0.4 is 0 Å². The molecule has 116 valence electrons. The number of aliphatic carboxylic acids is 1. The number of sulfone groups is 1. The monoisotopic (exact) mass is 314 g/mol. The molecule has 2 bridgehead atoms. The molecule has 3 aliphatic rings. The van der Waals surface area contributed by atoms with Crippen LogP contribution in [0.4, 0.5) is 13.2 Å². The highest BCUT2D eigenvalue weighted by Gasteiger charge is 2.53. The quantitative estimate of drug-likeness (QED) is 0.866. The van der Waals surface area contributed by atoms with E-state index in [2.05, 4.69) is 0 Å². The molecule has 0 unspecified atom stereocenters. The van der Waals surface area contributed by atoms with Crippen LogP contribution in [0.15, 0.2) is 0 Å². The fourth-order valence-electron chi connectivity index (χ4n) is 3.43. The molecule has 0 saturated heterocycles. The molecule has 4 nitrogen and oxygen atoms in total. The van der Waals surface area contributed by atoms with E-state index in [-0.39, 0.29) is 6.42 Å². The van der Waals surface area contributed by atoms with Crippen LogP contribution >= 0.6 is 0 Å². The number of rotatable bonds is 4. The van der Waals surface area contributed by atoms with Crippen LogP contribution in [0.5, 0.6) is 0 Å². The minimum atomic E-state index is -5.20. The second kappa shape index (κ2) is 4.61. The number of halogens is 3. The molecule has 0 aromatic carbocycles. The van der Waals surface area contributed by atoms with Gasteiger partial charge >= 0.3 is 11.5 Å². The third-order valence-electron chi connectivity index (χ3n) is 5.11. The third-order valence-corrected chi connectivity index (χ3v) is 6.56. The van der Waals surface area contributed by atoms with Crippen molar-refractivity contribution >= 4 is 15.8 Å². The van der Waals surface area contributed by atoms with Crippen molar-refractivity contribution in [2.45, 2.75) is 50.5 Å². The molecule has 0 aromatic heterocycles. The Kier molecular flexibility index (Phi) is 3.59. The van der Waals surface area contributed by atoms with Crippen LogP contribution in [-0.4, -0.2) is 30.8 Å². The van der Waals surface area contributed by atoms with Gasteiger partial charge in [0.25, 0.3) is 0 Å². The smallest absolute Gasteiger partial charge is 0.481 e. The summed E-state index contributed by atoms with van der Waals surface area (Å²) in [5.74, 6) is -1.73. The molecule has 3 rings (SSSR count). The molecule has 3 fully saturated rings. The van der Waals surface area contributed by atoms with E-state index in [1.807, 2.05) is 0 Å². The molecular weight excluding hydrogens is 297 g/mol. The molecule has 20 heavy (non-hydrogen) atoms. The van der Waals surface area contributed by atoms with Crippen LogP contribution in [0.3, 0.4) is 0 Å². The zero-order chi connectivity index (χ0) is 15.2. The molecule has 0 aromatic rings. The first-order valence-electron chi connectivity index (χ1n) is 6.55. The second-order valence-electron chi connectivity index (χ2n) is 6.10. The number of carbonyl (C=O) groups is 1. The van der Waals surface area contributed by atoms with Gasteiger partial charge in [-0.25, -0.2) is 8.42 Å². The van der Waals surface area contributed by atoms with Crippen molar-refractivity contribution in [3.8, 4) is 0 Å². The number of carboxylic acids is 1. The molecule has 3 saturated carbocycles. The topological polar surface area (TPSA) is 71.4 Å². The summed E-state index contributed by atoms with van der Waals surface area (Å²) in [5, 5.41) is 9.22. The molecule has 0 aliphatic heterocycles. The Morgan fingerprint density at radius 1 is 1.05 bits per heavy atom. The molecule has 0 heterocycles. The summed E-state index contributed by atoms with van der Waals surface area (Å²) >= 11 is 0. The molecule has 0 spiro atoms. The first kappa shape index (κ1) is 15.6. The summed E-state index contributed by atoms with van der Waals surface area (Å²) in [4.78, 5) is 11.2. The zero-order valence-corrected chi connectivity index (χ0v) is 11.7. The van der Waals surface area contributed by atoms with Crippen LogP contribution in [0.1, 0.15) is 44.9 Å². The predicted molar refractivity (Wildman–Crippen MR) is 64.7 cm³/mol. The number of fused-ring (bicyclic) bond motifs is 3. The highest BCUT2D eigenvalue weighted by molar-refractivity contribution is 7.92. The van der Waals surface area contributed by atoms with E-state index >= 15 is 0 Å². The molecule has 1 N–H and O–H groups in total. The van der Waals surface area contributed by atoms with E-state index in [1.165, 1.54) is 0 Å². The Bertz CT molecular complexity index is 485. The largest absolute Gasteiger partial charge is 0.497 e. The molecule has 8 heteroatoms. The van der Waals surface area contributed by atoms with Gasteiger partial charge in [0.05, 0.1) is 11.2 Å². The van der Waals surface area contributed by atoms with E-state index in [0.29, 0.717) is 38.5 Å². The number of carboxylic acid groups (broad SMARTS) is 1. The third kappa shape index (κ3) is 2.54. The normalized spacial score (nSPS) is 34.1. The fraction of sp³-hybridized carbons (Fsp3) is 0.917. The molecule has 0 radical (unpaired) electrons. The van der Waals surface area contributed by atoms with Crippen molar-refractivity contribution in [3.05, 3.63) is 0 Å². The second-order valence-corrected chi connectivity index (χ2v) is 8.20. The average Bonchev–Trinajstić information content (AvgIpc) is 2.37. The van der Waals surface area contributed by atoms with Crippen LogP contribution in [0, 0.1) is 10.8 Å². The van der Waals surface area contributed by atoms with Gasteiger partial charge in [-0.05, 0) is 50.4 Å². The Morgan fingerprint density at radius 3 is 1.85 bits per heavy atom. The van der Waals surface area contributed by atoms with Crippen molar-refractivity contribution in [2.24, 2.45) is 10.8 Å². The number of hydrogen-bond donors (Lipinski definition) is 1. The minimum Gasteiger partial charge on any atom is -0.481 e. The summed E-state index contributed by atoms with van der Waals surface area (Å²) in [6, 6.07) is 0. The maximum Gasteiger partial charge on any atom is 0.497 e. The maximum atomic E-state index is 12.3. The van der Waals surface area contributed by atoms with Crippen molar-refractivity contribution in [2.75, 3.05) is 5.75 Å². The lowest BCUT2D eigenvalue weighted by molar-refractivity contribution is -0.158. The van der Waals surface area contributed by atoms with Crippen LogP contribution in [-0.2, 0) is 14.6 Å². The van der Waals surface area contributed by atoms with Crippen LogP contribution in [0.2, 0.25) is 0 Å². The Labute approximate surface area is 115 Å². The SMILES string of the molecule is O=C(O)C12CCC(CCS(=O)(=O)C(F)(F)F)(CC1)CC2. The van der Waals surface area contributed by atoms with Gasteiger partial charge in [-0.3, -0.25) is 4.79 Å². The van der Waals surface area contributed by atoms with E-state index in [4.69, 9.17) is 0 Å². The van der Waals surface area contributed by atoms with Gasteiger partial charge in [-0.15, -0.1) is 0 Å². The maximum absolute atomic E-state index is 12.3. The molecular formula is C12H17F3O4S. The lowest BCUT2D eigenvalue weighted by Crippen LogP contribution is -2.46. The molecule has 3 aliphatic carbocycles. The van der Waals surface area contributed by atoms with Gasteiger partial charge in [0.15, 0.2) is 0 Å². The lowest BCUT2D eigenvalue weighted by Gasteiger charge is -2.51. The zero-order valence-electron chi connectivity index (χ0n) is 10.9. The van der Waals surface area contributed by atoms with Gasteiger partial charge in [0.1, 0.15) is 0 Å². The Balaban J connectivity index is 2.02. The summed E-state index contributed by atoms with van der Waals surface area (Å²) in [6.07, 6.45) is 2.81. The van der Waals surface area contributed by atoms with E-state index in [0.717, 1.165) is 0 Å². The van der Waals surface area contributed by atoms with Gasteiger partial charge in [-0.2, -0.15) is 13.2 Å². The summed E-state index contributed by atoms with van der Waals surface area (Å²) in [6.45, 7) is 0. The predicted octanol–water partition coefficient (Wildman–Crippen LogP) is 2.74. The number of alkyl halides is 3. The van der Waals surface area contributed by atoms with Crippen molar-refractivity contribution < 1.29 is 31.5 Å². The lowest BCUT2D eigenvalue weighted by atomic mass is 9.53. The summed E-state index contributed by atoms with van der Waals surface area (Å²) in [5.41, 5.74) is -6.35. The van der Waals surface area contributed by atoms with Gasteiger partial charge in [0.2, 0.25) is 9.84 Å². The fourth-order valence-corrected chi connectivity index (χ4v) is 4.36. The average molecular weight is 314 g/mol. The van der Waals surface area contributed by atoms with Crippen molar-refractivity contribution in [1.82, 2.24) is 0 Å². The highest BCUT2D eigenvalue weighted by Crippen LogP contribution is 2.58. The number of hydrogen-bond acceptors (Lipinski definition) is 3. The van der Waals surface area contributed by atoms with Crippen molar-refractivity contribution in [3.63, 3.8) is 0 Å².